The summed E-state index contributed by atoms with van der Waals surface area (Å²) in [4.78, 5) is 38.6. The number of aromatic hydroxyl groups is 1. The molecule has 0 aliphatic rings. The highest BCUT2D eigenvalue weighted by Crippen LogP contribution is 2.31. The minimum Gasteiger partial charge on any atom is -0.548 e. The second-order valence-electron chi connectivity index (χ2n) is 7.50. The SMILES string of the molecule is Cc1cc(=O)oc2cc(OCC(=O)N[C@H](Cc3c[nH]c4ccc(O)cc34)C(=O)[O-])c(Cl)cc12. The number of fused-ring (bicyclic) bond motifs is 2. The number of H-pyrrole nitrogens is 1. The van der Waals surface area contributed by atoms with Crippen LogP contribution in [0.25, 0.3) is 21.9 Å². The van der Waals surface area contributed by atoms with Gasteiger partial charge in [-0.3, -0.25) is 4.79 Å². The number of aryl methyl sites for hydroxylation is 1. The van der Waals surface area contributed by atoms with E-state index in [1.54, 1.807) is 25.3 Å². The molecule has 0 bridgehead atoms. The van der Waals surface area contributed by atoms with Gasteiger partial charge in [0.25, 0.3) is 5.91 Å². The number of carboxylic acids is 1. The topological polar surface area (TPSA) is 145 Å². The zero-order chi connectivity index (χ0) is 23.7. The summed E-state index contributed by atoms with van der Waals surface area (Å²) in [7, 11) is 0. The van der Waals surface area contributed by atoms with Crippen LogP contribution in [0, 0.1) is 6.92 Å². The summed E-state index contributed by atoms with van der Waals surface area (Å²) in [5.74, 6) is -2.05. The van der Waals surface area contributed by atoms with Crippen molar-refractivity contribution in [1.29, 1.82) is 0 Å². The number of amides is 1. The Kier molecular flexibility index (Phi) is 5.97. The summed E-state index contributed by atoms with van der Waals surface area (Å²) < 4.78 is 10.6. The number of aliphatic carboxylic acids is 1. The fraction of sp³-hybridized carbons (Fsp3) is 0.174. The van der Waals surface area contributed by atoms with E-state index in [9.17, 15) is 24.6 Å². The lowest BCUT2D eigenvalue weighted by Crippen LogP contribution is -2.50. The van der Waals surface area contributed by atoms with Crippen LogP contribution in [0.2, 0.25) is 5.02 Å². The zero-order valence-corrected chi connectivity index (χ0v) is 18.1. The van der Waals surface area contributed by atoms with Gasteiger partial charge in [0.15, 0.2) is 6.61 Å². The van der Waals surface area contributed by atoms with Crippen LogP contribution in [0.3, 0.4) is 0 Å². The Balaban J connectivity index is 1.46. The quantitative estimate of drug-likeness (QED) is 0.350. The summed E-state index contributed by atoms with van der Waals surface area (Å²) >= 11 is 6.21. The number of halogens is 1. The van der Waals surface area contributed by atoms with E-state index >= 15 is 0 Å². The lowest BCUT2D eigenvalue weighted by molar-refractivity contribution is -0.308. The molecular formula is C23H18ClN2O7-. The number of hydrogen-bond donors (Lipinski definition) is 3. The number of hydrogen-bond acceptors (Lipinski definition) is 7. The predicted octanol–water partition coefficient (Wildman–Crippen LogP) is 1.80. The molecule has 0 spiro atoms. The zero-order valence-electron chi connectivity index (χ0n) is 17.3. The molecule has 0 unspecified atom stereocenters. The van der Waals surface area contributed by atoms with Gasteiger partial charge in [-0.25, -0.2) is 4.79 Å². The molecule has 0 fully saturated rings. The normalized spacial score (nSPS) is 12.1. The van der Waals surface area contributed by atoms with Crippen molar-refractivity contribution in [1.82, 2.24) is 10.3 Å². The second kappa shape index (κ2) is 8.87. The molecule has 170 valence electrons. The van der Waals surface area contributed by atoms with E-state index in [-0.39, 0.29) is 28.5 Å². The molecule has 4 aromatic rings. The molecule has 33 heavy (non-hydrogen) atoms. The monoisotopic (exact) mass is 469 g/mol. The third-order valence-corrected chi connectivity index (χ3v) is 5.45. The van der Waals surface area contributed by atoms with Gasteiger partial charge in [-0.15, -0.1) is 0 Å². The van der Waals surface area contributed by atoms with Crippen LogP contribution in [-0.4, -0.2) is 34.6 Å². The maximum absolute atomic E-state index is 12.4. The van der Waals surface area contributed by atoms with Crippen LogP contribution in [-0.2, 0) is 16.0 Å². The highest BCUT2D eigenvalue weighted by molar-refractivity contribution is 6.32. The third kappa shape index (κ3) is 4.78. The van der Waals surface area contributed by atoms with Crippen molar-refractivity contribution >= 4 is 45.3 Å². The Bertz CT molecular complexity index is 1440. The molecule has 1 atom stereocenters. The maximum Gasteiger partial charge on any atom is 0.336 e. The first kappa shape index (κ1) is 22.2. The summed E-state index contributed by atoms with van der Waals surface area (Å²) in [6.45, 7) is 1.21. The van der Waals surface area contributed by atoms with E-state index in [2.05, 4.69) is 10.3 Å². The number of nitrogens with one attached hydrogen (secondary N) is 2. The summed E-state index contributed by atoms with van der Waals surface area (Å²) in [6.07, 6.45) is 1.53. The van der Waals surface area contributed by atoms with Gasteiger partial charge in [-0.05, 0) is 42.3 Å². The molecule has 0 aliphatic heterocycles. The molecule has 4 rings (SSSR count). The second-order valence-corrected chi connectivity index (χ2v) is 7.91. The summed E-state index contributed by atoms with van der Waals surface area (Å²) in [5, 5.41) is 25.1. The van der Waals surface area contributed by atoms with Crippen LogP contribution in [0.4, 0.5) is 0 Å². The van der Waals surface area contributed by atoms with E-state index in [1.165, 1.54) is 24.3 Å². The minimum absolute atomic E-state index is 0.0316. The molecular weight excluding hydrogens is 452 g/mol. The molecule has 0 radical (unpaired) electrons. The number of benzene rings is 2. The largest absolute Gasteiger partial charge is 0.548 e. The molecule has 2 aromatic carbocycles. The number of aromatic amines is 1. The van der Waals surface area contributed by atoms with Crippen molar-refractivity contribution in [3.05, 3.63) is 69.2 Å². The fourth-order valence-corrected chi connectivity index (χ4v) is 3.78. The molecule has 10 heteroatoms. The van der Waals surface area contributed by atoms with Crippen molar-refractivity contribution in [2.24, 2.45) is 0 Å². The Hall–Kier alpha value is -3.98. The van der Waals surface area contributed by atoms with E-state index in [0.717, 1.165) is 0 Å². The van der Waals surface area contributed by atoms with Gasteiger partial charge >= 0.3 is 5.63 Å². The van der Waals surface area contributed by atoms with E-state index in [4.69, 9.17) is 20.8 Å². The number of carbonyl (C=O) groups is 2. The first-order chi connectivity index (χ1) is 15.7. The van der Waals surface area contributed by atoms with E-state index in [1.807, 2.05) is 0 Å². The Morgan fingerprint density at radius 3 is 2.79 bits per heavy atom. The number of carbonyl (C=O) groups excluding carboxylic acids is 2. The molecule has 0 aliphatic carbocycles. The van der Waals surface area contributed by atoms with Gasteiger partial charge in [0.05, 0.1) is 17.0 Å². The van der Waals surface area contributed by atoms with Crippen molar-refractivity contribution in [2.45, 2.75) is 19.4 Å². The minimum atomic E-state index is -1.47. The van der Waals surface area contributed by atoms with Crippen LogP contribution in [0.1, 0.15) is 11.1 Å². The number of carboxylic acid groups (broad SMARTS) is 1. The van der Waals surface area contributed by atoms with Gasteiger partial charge in [0.2, 0.25) is 0 Å². The highest BCUT2D eigenvalue weighted by atomic mass is 35.5. The van der Waals surface area contributed by atoms with Gasteiger partial charge in [0, 0.05) is 41.0 Å². The van der Waals surface area contributed by atoms with Gasteiger partial charge in [0.1, 0.15) is 17.1 Å². The highest BCUT2D eigenvalue weighted by Gasteiger charge is 2.18. The number of aromatic nitrogens is 1. The predicted molar refractivity (Wildman–Crippen MR) is 118 cm³/mol. The van der Waals surface area contributed by atoms with Gasteiger partial charge in [-0.2, -0.15) is 0 Å². The molecule has 1 amide bonds. The lowest BCUT2D eigenvalue weighted by atomic mass is 10.0. The Morgan fingerprint density at radius 2 is 2.03 bits per heavy atom. The van der Waals surface area contributed by atoms with Crippen LogP contribution < -0.4 is 20.8 Å². The summed E-state index contributed by atoms with van der Waals surface area (Å²) in [6, 6.07) is 7.61. The first-order valence-corrected chi connectivity index (χ1v) is 10.2. The number of phenolic OH excluding ortho intramolecular Hbond substituents is 1. The van der Waals surface area contributed by atoms with Crippen LogP contribution >= 0.6 is 11.6 Å². The average Bonchev–Trinajstić information content (AvgIpc) is 3.14. The fourth-order valence-electron chi connectivity index (χ4n) is 3.56. The standard InChI is InChI=1S/C23H19ClN2O7/c1-11-4-22(29)33-19-8-20(16(24)7-14(11)19)32-10-21(28)26-18(23(30)31)5-12-9-25-17-3-2-13(27)6-15(12)17/h2-4,6-9,18,25,27H,5,10H2,1H3,(H,26,28)(H,30,31)/p-1/t18-/m1/s1. The maximum atomic E-state index is 12.4. The Labute approximate surface area is 191 Å². The van der Waals surface area contributed by atoms with E-state index < -0.39 is 30.2 Å². The number of phenols is 1. The van der Waals surface area contributed by atoms with Gasteiger partial charge < -0.3 is 34.5 Å². The van der Waals surface area contributed by atoms with Crippen molar-refractivity contribution in [2.75, 3.05) is 6.61 Å². The Morgan fingerprint density at radius 1 is 1.24 bits per heavy atom. The molecule has 9 nitrogen and oxygen atoms in total. The molecule has 2 heterocycles. The van der Waals surface area contributed by atoms with Crippen molar-refractivity contribution in [3.8, 4) is 11.5 Å². The van der Waals surface area contributed by atoms with Gasteiger partial charge in [-0.1, -0.05) is 11.6 Å². The summed E-state index contributed by atoms with van der Waals surface area (Å²) in [5.41, 5.74) is 1.68. The third-order valence-electron chi connectivity index (χ3n) is 5.16. The van der Waals surface area contributed by atoms with Crippen LogP contribution in [0.15, 0.2) is 51.8 Å². The molecule has 0 saturated carbocycles. The molecule has 0 saturated heterocycles. The average molecular weight is 470 g/mol. The van der Waals surface area contributed by atoms with Crippen LogP contribution in [0.5, 0.6) is 11.5 Å². The number of ether oxygens (including phenoxy) is 1. The lowest BCUT2D eigenvalue weighted by Gasteiger charge is -2.20. The van der Waals surface area contributed by atoms with E-state index in [0.29, 0.717) is 27.4 Å². The molecule has 2 aromatic heterocycles. The van der Waals surface area contributed by atoms with Crippen molar-refractivity contribution in [3.63, 3.8) is 0 Å². The van der Waals surface area contributed by atoms with Crippen molar-refractivity contribution < 1.29 is 29.0 Å². The first-order valence-electron chi connectivity index (χ1n) is 9.87. The number of rotatable bonds is 7. The smallest absolute Gasteiger partial charge is 0.336 e. The molecule has 3 N–H and O–H groups in total.